The molecule has 2 unspecified atom stereocenters. The van der Waals surface area contributed by atoms with Crippen molar-refractivity contribution in [3.8, 4) is 0 Å². The molecule has 2 aliphatic carbocycles. The Morgan fingerprint density at radius 2 is 2.13 bits per heavy atom. The van der Waals surface area contributed by atoms with E-state index in [2.05, 4.69) is 50.4 Å². The Bertz CT molecular complexity index is 561. The fourth-order valence-corrected chi connectivity index (χ4v) is 3.13. The summed E-state index contributed by atoms with van der Waals surface area (Å²) in [5, 5.41) is 3.24. The van der Waals surface area contributed by atoms with Gasteiger partial charge in [0.2, 0.25) is 0 Å². The maximum atomic E-state index is 6.27. The second-order valence-electron chi connectivity index (χ2n) is 6.98. The zero-order valence-electron chi connectivity index (χ0n) is 15.0. The highest BCUT2D eigenvalue weighted by Gasteiger charge is 2.21. The van der Waals surface area contributed by atoms with Crippen molar-refractivity contribution < 1.29 is 0 Å². The monoisotopic (exact) mass is 313 g/mol. The van der Waals surface area contributed by atoms with E-state index >= 15 is 0 Å². The Hall–Kier alpha value is -1.61. The van der Waals surface area contributed by atoms with Gasteiger partial charge < -0.3 is 11.1 Å². The number of hydrogen-bond acceptors (Lipinski definition) is 3. The van der Waals surface area contributed by atoms with Crippen LogP contribution in [-0.2, 0) is 0 Å². The molecule has 2 rings (SSSR count). The maximum absolute atomic E-state index is 6.27. The number of nitrogens with zero attached hydrogens (tertiary/aromatic N) is 1. The highest BCUT2D eigenvalue weighted by Crippen LogP contribution is 2.31. The molecule has 0 aliphatic heterocycles. The van der Waals surface area contributed by atoms with E-state index in [0.29, 0.717) is 11.8 Å². The zero-order chi connectivity index (χ0) is 16.8. The van der Waals surface area contributed by atoms with Gasteiger partial charge in [-0.1, -0.05) is 44.6 Å². The van der Waals surface area contributed by atoms with Crippen LogP contribution in [-0.4, -0.2) is 19.3 Å². The van der Waals surface area contributed by atoms with E-state index in [1.807, 2.05) is 13.3 Å². The molecule has 0 radical (unpaired) electrons. The first kappa shape index (κ1) is 17.7. The van der Waals surface area contributed by atoms with Crippen molar-refractivity contribution in [2.75, 3.05) is 7.05 Å². The van der Waals surface area contributed by atoms with Crippen LogP contribution in [0.15, 0.2) is 51.8 Å². The van der Waals surface area contributed by atoms with Crippen molar-refractivity contribution in [3.63, 3.8) is 0 Å². The lowest BCUT2D eigenvalue weighted by Crippen LogP contribution is -2.20. The van der Waals surface area contributed by atoms with Gasteiger partial charge in [-0.3, -0.25) is 4.99 Å². The summed E-state index contributed by atoms with van der Waals surface area (Å²) in [6.45, 7) is 6.60. The quantitative estimate of drug-likeness (QED) is 0.725. The number of hydrogen-bond donors (Lipinski definition) is 2. The van der Waals surface area contributed by atoms with E-state index in [1.54, 1.807) is 0 Å². The van der Waals surface area contributed by atoms with E-state index in [4.69, 9.17) is 10.7 Å². The summed E-state index contributed by atoms with van der Waals surface area (Å²) < 4.78 is 0. The largest absolute Gasteiger partial charge is 0.391 e. The standard InChI is InChI=1S/C20H31N3/c1-14(2)13-23-20(18-6-5-7-19(18)21)15(3)12-16-8-10-17(22-4)11-9-16/h5-6,8,10,13-15,19,22H,7,9,11-12,21H2,1-4H3/b20-18-,23-13?. The molecule has 0 aromatic heterocycles. The number of allylic oxidation sites excluding steroid dienone is 5. The molecule has 23 heavy (non-hydrogen) atoms. The topological polar surface area (TPSA) is 50.4 Å². The van der Waals surface area contributed by atoms with Crippen LogP contribution in [0.25, 0.3) is 0 Å². The molecule has 3 nitrogen and oxygen atoms in total. The average Bonchev–Trinajstić information content (AvgIpc) is 2.94. The van der Waals surface area contributed by atoms with Gasteiger partial charge in [-0.15, -0.1) is 0 Å². The van der Waals surface area contributed by atoms with Crippen LogP contribution < -0.4 is 11.1 Å². The Labute approximate surface area is 141 Å². The van der Waals surface area contributed by atoms with Crippen LogP contribution in [0.2, 0.25) is 0 Å². The molecule has 2 atom stereocenters. The van der Waals surface area contributed by atoms with E-state index in [1.165, 1.54) is 22.5 Å². The summed E-state index contributed by atoms with van der Waals surface area (Å²) in [4.78, 5) is 4.82. The lowest BCUT2D eigenvalue weighted by atomic mass is 9.89. The molecule has 0 aromatic rings. The second kappa shape index (κ2) is 8.30. The van der Waals surface area contributed by atoms with Gasteiger partial charge in [-0.05, 0) is 43.3 Å². The summed E-state index contributed by atoms with van der Waals surface area (Å²) >= 11 is 0. The zero-order valence-corrected chi connectivity index (χ0v) is 15.0. The van der Waals surface area contributed by atoms with Crippen LogP contribution in [0.1, 0.15) is 46.5 Å². The Kier molecular flexibility index (Phi) is 6.40. The van der Waals surface area contributed by atoms with E-state index in [0.717, 1.165) is 25.7 Å². The molecule has 0 amide bonds. The molecule has 3 heteroatoms. The van der Waals surface area contributed by atoms with Crippen LogP contribution >= 0.6 is 0 Å². The molecule has 0 heterocycles. The van der Waals surface area contributed by atoms with Crippen molar-refractivity contribution in [1.29, 1.82) is 0 Å². The van der Waals surface area contributed by atoms with Gasteiger partial charge >= 0.3 is 0 Å². The van der Waals surface area contributed by atoms with Gasteiger partial charge in [0.15, 0.2) is 0 Å². The SMILES string of the molecule is CNC1=CC=C(CC(C)/C(N=CC(C)C)=C2\C=CCC2N)CC1. The van der Waals surface area contributed by atoms with Crippen LogP contribution in [0.3, 0.4) is 0 Å². The number of nitrogens with one attached hydrogen (secondary N) is 1. The van der Waals surface area contributed by atoms with Crippen LogP contribution in [0.4, 0.5) is 0 Å². The summed E-state index contributed by atoms with van der Waals surface area (Å²) in [5.41, 5.74) is 11.5. The first-order valence-electron chi connectivity index (χ1n) is 8.78. The molecule has 0 fully saturated rings. The van der Waals surface area contributed by atoms with Gasteiger partial charge in [-0.2, -0.15) is 0 Å². The van der Waals surface area contributed by atoms with Crippen molar-refractivity contribution in [2.24, 2.45) is 22.6 Å². The van der Waals surface area contributed by atoms with Gasteiger partial charge in [0, 0.05) is 36.6 Å². The first-order valence-corrected chi connectivity index (χ1v) is 8.78. The third kappa shape index (κ3) is 4.93. The third-order valence-electron chi connectivity index (χ3n) is 4.49. The minimum Gasteiger partial charge on any atom is -0.391 e. The Balaban J connectivity index is 2.18. The molecule has 0 saturated heterocycles. The minimum atomic E-state index is 0.105. The summed E-state index contributed by atoms with van der Waals surface area (Å²) in [5.74, 6) is 0.846. The van der Waals surface area contributed by atoms with Crippen molar-refractivity contribution in [2.45, 2.75) is 52.5 Å². The van der Waals surface area contributed by atoms with Crippen LogP contribution in [0, 0.1) is 11.8 Å². The van der Waals surface area contributed by atoms with E-state index in [-0.39, 0.29) is 6.04 Å². The molecule has 0 bridgehead atoms. The average molecular weight is 313 g/mol. The highest BCUT2D eigenvalue weighted by molar-refractivity contribution is 5.62. The molecular formula is C20H31N3. The van der Waals surface area contributed by atoms with E-state index in [9.17, 15) is 0 Å². The maximum Gasteiger partial charge on any atom is 0.0478 e. The fraction of sp³-hybridized carbons (Fsp3) is 0.550. The molecule has 0 aromatic carbocycles. The third-order valence-corrected chi connectivity index (χ3v) is 4.49. The van der Waals surface area contributed by atoms with Crippen molar-refractivity contribution in [1.82, 2.24) is 5.32 Å². The molecule has 126 valence electrons. The predicted octanol–water partition coefficient (Wildman–Crippen LogP) is 4.10. The van der Waals surface area contributed by atoms with Crippen LogP contribution in [0.5, 0.6) is 0 Å². The Morgan fingerprint density at radius 1 is 1.35 bits per heavy atom. The lowest BCUT2D eigenvalue weighted by Gasteiger charge is -2.21. The van der Waals surface area contributed by atoms with Gasteiger partial charge in [0.25, 0.3) is 0 Å². The highest BCUT2D eigenvalue weighted by atomic mass is 14.8. The Morgan fingerprint density at radius 3 is 2.65 bits per heavy atom. The van der Waals surface area contributed by atoms with E-state index < -0.39 is 0 Å². The molecule has 0 saturated carbocycles. The smallest absolute Gasteiger partial charge is 0.0478 e. The first-order chi connectivity index (χ1) is 11.0. The fourth-order valence-electron chi connectivity index (χ4n) is 3.13. The number of rotatable bonds is 6. The molecule has 2 aliphatic rings. The summed E-state index contributed by atoms with van der Waals surface area (Å²) in [6, 6.07) is 0.105. The lowest BCUT2D eigenvalue weighted by molar-refractivity contribution is 0.623. The normalized spacial score (nSPS) is 24.9. The second-order valence-corrected chi connectivity index (χ2v) is 6.98. The molecular weight excluding hydrogens is 282 g/mol. The van der Waals surface area contributed by atoms with Crippen molar-refractivity contribution in [3.05, 3.63) is 46.8 Å². The van der Waals surface area contributed by atoms with Gasteiger partial charge in [0.1, 0.15) is 0 Å². The van der Waals surface area contributed by atoms with Gasteiger partial charge in [0.05, 0.1) is 0 Å². The molecule has 0 spiro atoms. The minimum absolute atomic E-state index is 0.105. The predicted molar refractivity (Wildman–Crippen MR) is 100 cm³/mol. The number of nitrogens with two attached hydrogens (primary N) is 1. The summed E-state index contributed by atoms with van der Waals surface area (Å²) in [6.07, 6.45) is 15.1. The summed E-state index contributed by atoms with van der Waals surface area (Å²) in [7, 11) is 1.99. The number of aliphatic imine (C=N–C) groups is 1. The van der Waals surface area contributed by atoms with Crippen molar-refractivity contribution >= 4 is 6.21 Å². The molecule has 3 N–H and O–H groups in total. The van der Waals surface area contributed by atoms with Gasteiger partial charge in [-0.25, -0.2) is 0 Å².